The first-order valence-electron chi connectivity index (χ1n) is 5.87. The van der Waals surface area contributed by atoms with Crippen molar-refractivity contribution in [2.75, 3.05) is 19.6 Å². The van der Waals surface area contributed by atoms with Gasteiger partial charge in [-0.25, -0.2) is 13.1 Å². The average Bonchev–Trinajstić information content (AvgIpc) is 2.76. The molecule has 1 aromatic heterocycles. The van der Waals surface area contributed by atoms with Crippen LogP contribution in [0, 0.1) is 5.41 Å². The van der Waals surface area contributed by atoms with E-state index in [0.717, 1.165) is 37.3 Å². The molecule has 0 amide bonds. The Balaban J connectivity index is 0.00000180. The molecule has 1 aliphatic rings. The lowest BCUT2D eigenvalue weighted by Crippen LogP contribution is -2.45. The lowest BCUT2D eigenvalue weighted by molar-refractivity contribution is 0.238. The summed E-state index contributed by atoms with van der Waals surface area (Å²) in [4.78, 5) is 0. The molecule has 0 aliphatic carbocycles. The van der Waals surface area contributed by atoms with Crippen LogP contribution in [-0.4, -0.2) is 28.1 Å². The first-order valence-corrected chi connectivity index (χ1v) is 8.55. The summed E-state index contributed by atoms with van der Waals surface area (Å²) >= 11 is 6.84. The van der Waals surface area contributed by atoms with Crippen molar-refractivity contribution in [3.8, 4) is 0 Å². The van der Waals surface area contributed by atoms with E-state index < -0.39 is 10.0 Å². The Morgan fingerprint density at radius 3 is 2.79 bits per heavy atom. The molecule has 0 aromatic carbocycles. The van der Waals surface area contributed by atoms with Crippen molar-refractivity contribution in [3.05, 3.63) is 16.5 Å². The van der Waals surface area contributed by atoms with Crippen LogP contribution in [-0.2, 0) is 10.0 Å². The molecule has 1 unspecified atom stereocenters. The Kier molecular flexibility index (Phi) is 6.10. The number of piperidine rings is 1. The zero-order chi connectivity index (χ0) is 13.2. The molecule has 1 aliphatic heterocycles. The van der Waals surface area contributed by atoms with Gasteiger partial charge in [0.1, 0.15) is 4.21 Å². The van der Waals surface area contributed by atoms with E-state index in [-0.39, 0.29) is 22.0 Å². The monoisotopic (exact) mass is 344 g/mol. The van der Waals surface area contributed by atoms with Crippen LogP contribution >= 0.6 is 35.3 Å². The van der Waals surface area contributed by atoms with Crippen molar-refractivity contribution in [1.29, 1.82) is 0 Å². The largest absolute Gasteiger partial charge is 0.316 e. The summed E-state index contributed by atoms with van der Waals surface area (Å²) in [7, 11) is -3.42. The lowest BCUT2D eigenvalue weighted by Gasteiger charge is -2.34. The fourth-order valence-corrected chi connectivity index (χ4v) is 4.78. The smallest absolute Gasteiger partial charge is 0.250 e. The summed E-state index contributed by atoms with van der Waals surface area (Å²) in [6, 6.07) is 3.14. The second kappa shape index (κ2) is 6.74. The van der Waals surface area contributed by atoms with E-state index in [2.05, 4.69) is 17.0 Å². The van der Waals surface area contributed by atoms with Gasteiger partial charge < -0.3 is 5.32 Å². The molecule has 2 rings (SSSR count). The zero-order valence-corrected chi connectivity index (χ0v) is 13.8. The normalized spacial score (nSPS) is 23.9. The van der Waals surface area contributed by atoms with Crippen molar-refractivity contribution in [1.82, 2.24) is 10.0 Å². The highest BCUT2D eigenvalue weighted by molar-refractivity contribution is 7.91. The molecule has 19 heavy (non-hydrogen) atoms. The van der Waals surface area contributed by atoms with Crippen LogP contribution in [0.5, 0.6) is 0 Å². The van der Waals surface area contributed by atoms with Gasteiger partial charge in [0.05, 0.1) is 4.34 Å². The molecule has 0 spiro atoms. The SMILES string of the molecule is CC1(CNS(=O)(=O)c2ccc(Cl)s2)CCCNC1.Cl. The van der Waals surface area contributed by atoms with E-state index in [1.165, 1.54) is 6.07 Å². The number of hydrogen-bond donors (Lipinski definition) is 2. The number of sulfonamides is 1. The molecular weight excluding hydrogens is 327 g/mol. The van der Waals surface area contributed by atoms with Gasteiger partial charge in [-0.3, -0.25) is 0 Å². The van der Waals surface area contributed by atoms with E-state index >= 15 is 0 Å². The van der Waals surface area contributed by atoms with Crippen molar-refractivity contribution >= 4 is 45.4 Å². The van der Waals surface area contributed by atoms with Crippen LogP contribution in [0.3, 0.4) is 0 Å². The van der Waals surface area contributed by atoms with Gasteiger partial charge in [-0.15, -0.1) is 23.7 Å². The molecular formula is C11H18Cl2N2O2S2. The molecule has 0 radical (unpaired) electrons. The maximum atomic E-state index is 12.1. The van der Waals surface area contributed by atoms with Crippen LogP contribution in [0.4, 0.5) is 0 Å². The highest BCUT2D eigenvalue weighted by Crippen LogP contribution is 2.28. The predicted molar refractivity (Wildman–Crippen MR) is 82.0 cm³/mol. The number of halogens is 2. The molecule has 0 saturated carbocycles. The molecule has 8 heteroatoms. The zero-order valence-electron chi connectivity index (χ0n) is 10.6. The Labute approximate surface area is 129 Å². The van der Waals surface area contributed by atoms with Gasteiger partial charge in [-0.05, 0) is 36.9 Å². The molecule has 4 nitrogen and oxygen atoms in total. The van der Waals surface area contributed by atoms with E-state index in [1.54, 1.807) is 6.07 Å². The topological polar surface area (TPSA) is 58.2 Å². The van der Waals surface area contributed by atoms with Gasteiger partial charge in [0, 0.05) is 13.1 Å². The summed E-state index contributed by atoms with van der Waals surface area (Å²) < 4.78 is 27.5. The number of rotatable bonds is 4. The minimum atomic E-state index is -3.42. The standard InChI is InChI=1S/C11H17ClN2O2S2.ClH/c1-11(5-2-6-13-7-11)8-14-18(15,16)10-4-3-9(12)17-10;/h3-4,13-14H,2,5-8H2,1H3;1H. The van der Waals surface area contributed by atoms with Crippen LogP contribution in [0.2, 0.25) is 4.34 Å². The van der Waals surface area contributed by atoms with Gasteiger partial charge in [0.25, 0.3) is 0 Å². The third kappa shape index (κ3) is 4.58. The van der Waals surface area contributed by atoms with E-state index in [4.69, 9.17) is 11.6 Å². The second-order valence-electron chi connectivity index (χ2n) is 4.97. The third-order valence-electron chi connectivity index (χ3n) is 3.19. The van der Waals surface area contributed by atoms with Gasteiger partial charge in [0.15, 0.2) is 0 Å². The highest BCUT2D eigenvalue weighted by atomic mass is 35.5. The summed E-state index contributed by atoms with van der Waals surface area (Å²) in [5.41, 5.74) is -0.00757. The van der Waals surface area contributed by atoms with Crippen molar-refractivity contribution in [2.45, 2.75) is 24.0 Å². The fraction of sp³-hybridized carbons (Fsp3) is 0.636. The maximum absolute atomic E-state index is 12.1. The number of hydrogen-bond acceptors (Lipinski definition) is 4. The maximum Gasteiger partial charge on any atom is 0.250 e. The van der Waals surface area contributed by atoms with Crippen LogP contribution in [0.15, 0.2) is 16.3 Å². The Morgan fingerprint density at radius 2 is 2.26 bits per heavy atom. The summed E-state index contributed by atoms with van der Waals surface area (Å²) in [6.07, 6.45) is 2.12. The first kappa shape index (κ1) is 17.2. The van der Waals surface area contributed by atoms with Crippen molar-refractivity contribution < 1.29 is 8.42 Å². The third-order valence-corrected chi connectivity index (χ3v) is 6.31. The van der Waals surface area contributed by atoms with Crippen molar-refractivity contribution in [2.24, 2.45) is 5.41 Å². The van der Waals surface area contributed by atoms with Crippen molar-refractivity contribution in [3.63, 3.8) is 0 Å². The second-order valence-corrected chi connectivity index (χ2v) is 8.68. The number of nitrogens with one attached hydrogen (secondary N) is 2. The molecule has 0 bridgehead atoms. The van der Waals surface area contributed by atoms with Gasteiger partial charge in [-0.2, -0.15) is 0 Å². The van der Waals surface area contributed by atoms with Gasteiger partial charge in [-0.1, -0.05) is 18.5 Å². The Morgan fingerprint density at radius 1 is 1.53 bits per heavy atom. The molecule has 2 heterocycles. The molecule has 1 aromatic rings. The Bertz CT molecular complexity index is 511. The first-order chi connectivity index (χ1) is 8.41. The highest BCUT2D eigenvalue weighted by Gasteiger charge is 2.29. The minimum Gasteiger partial charge on any atom is -0.316 e. The van der Waals surface area contributed by atoms with Crippen LogP contribution < -0.4 is 10.0 Å². The summed E-state index contributed by atoms with van der Waals surface area (Å²) in [5, 5.41) is 3.30. The van der Waals surface area contributed by atoms with Gasteiger partial charge >= 0.3 is 0 Å². The molecule has 110 valence electrons. The quantitative estimate of drug-likeness (QED) is 0.882. The summed E-state index contributed by atoms with van der Waals surface area (Å²) in [6.45, 7) is 4.42. The van der Waals surface area contributed by atoms with Crippen LogP contribution in [0.25, 0.3) is 0 Å². The number of thiophene rings is 1. The van der Waals surface area contributed by atoms with E-state index in [1.807, 2.05) is 0 Å². The molecule has 1 fully saturated rings. The average molecular weight is 345 g/mol. The Hall–Kier alpha value is 0.150. The fourth-order valence-electron chi connectivity index (χ4n) is 2.05. The van der Waals surface area contributed by atoms with E-state index in [0.29, 0.717) is 10.9 Å². The molecule has 1 atom stereocenters. The minimum absolute atomic E-state index is 0. The van der Waals surface area contributed by atoms with E-state index in [9.17, 15) is 8.42 Å². The predicted octanol–water partition coefficient (Wildman–Crippen LogP) is 2.49. The van der Waals surface area contributed by atoms with Crippen LogP contribution in [0.1, 0.15) is 19.8 Å². The molecule has 2 N–H and O–H groups in total. The lowest BCUT2D eigenvalue weighted by atomic mass is 9.83. The summed E-state index contributed by atoms with van der Waals surface area (Å²) in [5.74, 6) is 0. The van der Waals surface area contributed by atoms with Gasteiger partial charge in [0.2, 0.25) is 10.0 Å². The molecule has 1 saturated heterocycles.